The first-order valence-corrected chi connectivity index (χ1v) is 11.3. The van der Waals surface area contributed by atoms with Crippen molar-refractivity contribution in [1.82, 2.24) is 14.5 Å². The fraction of sp³-hybridized carbons (Fsp3) is 0.158. The highest BCUT2D eigenvalue weighted by molar-refractivity contribution is 7.89. The lowest BCUT2D eigenvalue weighted by molar-refractivity contribution is 0.102. The molecular weight excluding hydrogens is 426 g/mol. The first kappa shape index (κ1) is 20.1. The molecule has 1 aromatic carbocycles. The molecule has 0 unspecified atom stereocenters. The van der Waals surface area contributed by atoms with Gasteiger partial charge < -0.3 is 4.57 Å². The number of primary sulfonamides is 1. The van der Waals surface area contributed by atoms with Crippen LogP contribution in [0, 0.1) is 6.92 Å². The van der Waals surface area contributed by atoms with Crippen molar-refractivity contribution in [3.05, 3.63) is 58.0 Å². The van der Waals surface area contributed by atoms with Crippen molar-refractivity contribution in [3.63, 3.8) is 0 Å². The Labute approximate surface area is 175 Å². The Morgan fingerprint density at radius 2 is 2.00 bits per heavy atom. The van der Waals surface area contributed by atoms with Gasteiger partial charge in [-0.15, -0.1) is 0 Å². The number of amides is 1. The lowest BCUT2D eigenvalue weighted by atomic mass is 10.1. The summed E-state index contributed by atoms with van der Waals surface area (Å²) in [6.07, 6.45) is 1.48. The van der Waals surface area contributed by atoms with Crippen LogP contribution in [-0.4, -0.2) is 28.9 Å². The number of hydrogen-bond donors (Lipinski definition) is 2. The molecule has 0 fully saturated rings. The quantitative estimate of drug-likeness (QED) is 0.496. The largest absolute Gasteiger partial charge is 0.332 e. The number of carbonyl (C=O) groups is 1. The molecule has 3 heterocycles. The number of aryl methyl sites for hydroxylation is 2. The Hall–Kier alpha value is -3.15. The normalized spacial score (nSPS) is 11.8. The second kappa shape index (κ2) is 7.27. The van der Waals surface area contributed by atoms with E-state index >= 15 is 0 Å². The average molecular weight is 444 g/mol. The topological polar surface area (TPSA) is 137 Å². The summed E-state index contributed by atoms with van der Waals surface area (Å²) in [5.41, 5.74) is 1.35. The van der Waals surface area contributed by atoms with Gasteiger partial charge in [0, 0.05) is 18.4 Å². The van der Waals surface area contributed by atoms with Gasteiger partial charge in [0.05, 0.1) is 20.5 Å². The van der Waals surface area contributed by atoms with E-state index in [0.717, 1.165) is 17.0 Å². The number of nitrogens with one attached hydrogen (secondary N) is 1. The molecule has 0 atom stereocenters. The van der Waals surface area contributed by atoms with Gasteiger partial charge in [-0.1, -0.05) is 11.3 Å². The third-order valence-corrected chi connectivity index (χ3v) is 6.40. The van der Waals surface area contributed by atoms with Crippen molar-refractivity contribution in [2.75, 3.05) is 5.32 Å². The third-order valence-electron chi connectivity index (χ3n) is 4.55. The molecule has 0 radical (unpaired) electrons. The molecule has 11 heteroatoms. The van der Waals surface area contributed by atoms with Gasteiger partial charge >= 0.3 is 0 Å². The summed E-state index contributed by atoms with van der Waals surface area (Å²) in [7, 11) is -3.85. The van der Waals surface area contributed by atoms with Crippen molar-refractivity contribution >= 4 is 53.6 Å². The van der Waals surface area contributed by atoms with Crippen molar-refractivity contribution < 1.29 is 13.2 Å². The Bertz CT molecular complexity index is 1490. The lowest BCUT2D eigenvalue weighted by Crippen LogP contribution is -2.24. The molecule has 4 rings (SSSR count). The van der Waals surface area contributed by atoms with Crippen molar-refractivity contribution in [2.24, 2.45) is 5.14 Å². The number of rotatable bonds is 4. The van der Waals surface area contributed by atoms with Gasteiger partial charge in [0.15, 0.2) is 5.13 Å². The fourth-order valence-corrected chi connectivity index (χ4v) is 4.58. The zero-order valence-corrected chi connectivity index (χ0v) is 17.7. The maximum Gasteiger partial charge on any atom is 0.262 e. The molecule has 1 amide bonds. The minimum absolute atomic E-state index is 0.0283. The van der Waals surface area contributed by atoms with E-state index in [1.165, 1.54) is 24.4 Å². The van der Waals surface area contributed by atoms with Crippen LogP contribution in [-0.2, 0) is 16.6 Å². The van der Waals surface area contributed by atoms with Crippen LogP contribution in [0.15, 0.2) is 46.2 Å². The van der Waals surface area contributed by atoms with Gasteiger partial charge in [0.1, 0.15) is 11.2 Å². The minimum atomic E-state index is -3.85. The van der Waals surface area contributed by atoms with Crippen molar-refractivity contribution in [3.8, 4) is 0 Å². The Kier molecular flexibility index (Phi) is 4.88. The average Bonchev–Trinajstić information content (AvgIpc) is 3.08. The maximum absolute atomic E-state index is 12.9. The minimum Gasteiger partial charge on any atom is -0.332 e. The number of aromatic nitrogens is 3. The molecule has 0 saturated heterocycles. The maximum atomic E-state index is 12.9. The van der Waals surface area contributed by atoms with E-state index < -0.39 is 21.4 Å². The van der Waals surface area contributed by atoms with Crippen LogP contribution in [0.2, 0.25) is 0 Å². The van der Waals surface area contributed by atoms with E-state index in [0.29, 0.717) is 27.8 Å². The van der Waals surface area contributed by atoms with Gasteiger partial charge in [0.25, 0.3) is 5.91 Å². The SMILES string of the molecule is CCn1cc(C(=O)Nc2nc3ccc(S(N)(=O)=O)cc3s2)c(=O)c2ccc(C)nc21. The van der Waals surface area contributed by atoms with Crippen molar-refractivity contribution in [2.45, 2.75) is 25.3 Å². The number of nitrogens with two attached hydrogens (primary N) is 1. The molecule has 0 aliphatic carbocycles. The van der Waals surface area contributed by atoms with E-state index in [-0.39, 0.29) is 15.6 Å². The molecule has 3 aromatic heterocycles. The van der Waals surface area contributed by atoms with E-state index in [9.17, 15) is 18.0 Å². The van der Waals surface area contributed by atoms with E-state index in [1.54, 1.807) is 16.7 Å². The number of anilines is 1. The highest BCUT2D eigenvalue weighted by Gasteiger charge is 2.18. The second-order valence-corrected chi connectivity index (χ2v) is 9.22. The number of sulfonamides is 1. The van der Waals surface area contributed by atoms with Crippen LogP contribution in [0.4, 0.5) is 5.13 Å². The van der Waals surface area contributed by atoms with E-state index in [1.807, 2.05) is 13.8 Å². The summed E-state index contributed by atoms with van der Waals surface area (Å²) >= 11 is 1.09. The molecule has 154 valence electrons. The van der Waals surface area contributed by atoms with Gasteiger partial charge in [0.2, 0.25) is 15.5 Å². The summed E-state index contributed by atoms with van der Waals surface area (Å²) in [6.45, 7) is 4.26. The zero-order chi connectivity index (χ0) is 21.6. The molecule has 3 N–H and O–H groups in total. The molecule has 0 bridgehead atoms. The fourth-order valence-electron chi connectivity index (χ4n) is 3.06. The summed E-state index contributed by atoms with van der Waals surface area (Å²) in [6, 6.07) is 7.64. The number of thiazole rings is 1. The summed E-state index contributed by atoms with van der Waals surface area (Å²) < 4.78 is 25.3. The smallest absolute Gasteiger partial charge is 0.262 e. The number of fused-ring (bicyclic) bond motifs is 2. The molecular formula is C19H17N5O4S2. The molecule has 0 aliphatic rings. The number of benzene rings is 1. The lowest BCUT2D eigenvalue weighted by Gasteiger charge is -2.11. The molecule has 4 aromatic rings. The first-order chi connectivity index (χ1) is 14.2. The monoisotopic (exact) mass is 443 g/mol. The summed E-state index contributed by atoms with van der Waals surface area (Å²) in [5.74, 6) is -0.601. The van der Waals surface area contributed by atoms with Crippen molar-refractivity contribution in [1.29, 1.82) is 0 Å². The van der Waals surface area contributed by atoms with E-state index in [2.05, 4.69) is 15.3 Å². The van der Waals surface area contributed by atoms with Crippen LogP contribution in [0.25, 0.3) is 21.3 Å². The predicted molar refractivity (Wildman–Crippen MR) is 115 cm³/mol. The first-order valence-electron chi connectivity index (χ1n) is 8.93. The number of carbonyl (C=O) groups excluding carboxylic acids is 1. The Balaban J connectivity index is 1.73. The van der Waals surface area contributed by atoms with Crippen LogP contribution >= 0.6 is 11.3 Å². The highest BCUT2D eigenvalue weighted by Crippen LogP contribution is 2.28. The molecule has 30 heavy (non-hydrogen) atoms. The standard InChI is InChI=1S/C19H17N5O4S2/c1-3-24-9-13(16(25)12-6-4-10(2)21-17(12)24)18(26)23-19-22-14-7-5-11(30(20,27)28)8-15(14)29-19/h4-9H,3H2,1-2H3,(H2,20,27,28)(H,22,23,26). The Morgan fingerprint density at radius 3 is 2.70 bits per heavy atom. The van der Waals surface area contributed by atoms with Crippen LogP contribution in [0.5, 0.6) is 0 Å². The third kappa shape index (κ3) is 3.58. The molecule has 0 spiro atoms. The van der Waals surface area contributed by atoms with Gasteiger partial charge in [-0.2, -0.15) is 0 Å². The molecule has 9 nitrogen and oxygen atoms in total. The Morgan fingerprint density at radius 1 is 1.23 bits per heavy atom. The van der Waals surface area contributed by atoms with Gasteiger partial charge in [-0.25, -0.2) is 23.5 Å². The van der Waals surface area contributed by atoms with Gasteiger partial charge in [-0.05, 0) is 44.2 Å². The molecule has 0 aliphatic heterocycles. The van der Waals surface area contributed by atoms with E-state index in [4.69, 9.17) is 5.14 Å². The zero-order valence-electron chi connectivity index (χ0n) is 16.0. The summed E-state index contributed by atoms with van der Waals surface area (Å²) in [5, 5.41) is 8.38. The second-order valence-electron chi connectivity index (χ2n) is 6.63. The van der Waals surface area contributed by atoms with Gasteiger partial charge in [-0.3, -0.25) is 14.9 Å². The van der Waals surface area contributed by atoms with Crippen LogP contribution < -0.4 is 15.9 Å². The number of nitrogens with zero attached hydrogens (tertiary/aromatic N) is 3. The highest BCUT2D eigenvalue weighted by atomic mass is 32.2. The predicted octanol–water partition coefficient (Wildman–Crippen LogP) is 2.23. The number of hydrogen-bond acceptors (Lipinski definition) is 7. The number of pyridine rings is 2. The van der Waals surface area contributed by atoms with Crippen LogP contribution in [0.1, 0.15) is 23.0 Å². The summed E-state index contributed by atoms with van der Waals surface area (Å²) in [4.78, 5) is 34.3. The molecule has 0 saturated carbocycles. The van der Waals surface area contributed by atoms with Crippen LogP contribution in [0.3, 0.4) is 0 Å².